The average Bonchev–Trinajstić information content (AvgIpc) is 2.83. The molecule has 4 aromatic rings. The molecule has 0 atom stereocenters. The maximum atomic E-state index is 12.8. The minimum Gasteiger partial charge on any atom is -0.497 e. The molecule has 0 spiro atoms. The fourth-order valence-electron chi connectivity index (χ4n) is 3.47. The molecule has 10 nitrogen and oxygen atoms in total. The zero-order valence-electron chi connectivity index (χ0n) is 18.1. The predicted molar refractivity (Wildman–Crippen MR) is 133 cm³/mol. The molecular formula is C23H18N6O4S. The number of anilines is 2. The molecule has 4 rings (SSSR count). The van der Waals surface area contributed by atoms with Crippen LogP contribution in [0.2, 0.25) is 0 Å². The summed E-state index contributed by atoms with van der Waals surface area (Å²) in [5.74, 6) is 0.925. The number of rotatable bonds is 5. The van der Waals surface area contributed by atoms with Gasteiger partial charge in [0.1, 0.15) is 28.8 Å². The van der Waals surface area contributed by atoms with E-state index in [0.29, 0.717) is 17.1 Å². The van der Waals surface area contributed by atoms with Gasteiger partial charge in [-0.25, -0.2) is 9.78 Å². The lowest BCUT2D eigenvalue weighted by atomic mass is 9.96. The normalized spacial score (nSPS) is 10.4. The van der Waals surface area contributed by atoms with Gasteiger partial charge in [-0.15, -0.1) is 0 Å². The molecule has 0 aliphatic rings. The number of aromatic nitrogens is 3. The first kappa shape index (κ1) is 22.5. The molecule has 0 aliphatic heterocycles. The molecule has 2 aromatic heterocycles. The van der Waals surface area contributed by atoms with Crippen LogP contribution in [0.4, 0.5) is 11.5 Å². The first-order chi connectivity index (χ1) is 16.4. The second kappa shape index (κ2) is 9.43. The molecule has 0 radical (unpaired) electrons. The average molecular weight is 475 g/mol. The Hall–Kier alpha value is -4.69. The summed E-state index contributed by atoms with van der Waals surface area (Å²) in [5, 5.41) is 16.2. The minimum absolute atomic E-state index is 0.0205. The summed E-state index contributed by atoms with van der Waals surface area (Å²) >= 11 is 5.39. The van der Waals surface area contributed by atoms with Crippen LogP contribution >= 0.6 is 12.2 Å². The number of nitriles is 1. The molecule has 0 saturated heterocycles. The monoisotopic (exact) mass is 474 g/mol. The van der Waals surface area contributed by atoms with Gasteiger partial charge < -0.3 is 20.1 Å². The Balaban J connectivity index is 1.96. The predicted octanol–water partition coefficient (Wildman–Crippen LogP) is 2.98. The van der Waals surface area contributed by atoms with Crippen molar-refractivity contribution in [1.29, 1.82) is 5.26 Å². The zero-order chi connectivity index (χ0) is 24.2. The van der Waals surface area contributed by atoms with Crippen molar-refractivity contribution >= 4 is 39.9 Å². The lowest BCUT2D eigenvalue weighted by molar-refractivity contribution is 0.395. The van der Waals surface area contributed by atoms with Gasteiger partial charge in [-0.1, -0.05) is 18.2 Å². The zero-order valence-corrected chi connectivity index (χ0v) is 18.9. The van der Waals surface area contributed by atoms with Crippen molar-refractivity contribution in [1.82, 2.24) is 15.0 Å². The summed E-state index contributed by atoms with van der Waals surface area (Å²) < 4.78 is 10.8. The van der Waals surface area contributed by atoms with Crippen LogP contribution in [0, 0.1) is 11.3 Å². The minimum atomic E-state index is -0.738. The van der Waals surface area contributed by atoms with Gasteiger partial charge >= 0.3 is 5.69 Å². The van der Waals surface area contributed by atoms with Crippen LogP contribution in [0.25, 0.3) is 22.2 Å². The number of ether oxygens (including phenoxy) is 2. The van der Waals surface area contributed by atoms with E-state index in [0.717, 1.165) is 5.69 Å². The first-order valence-corrected chi connectivity index (χ1v) is 10.3. The van der Waals surface area contributed by atoms with Crippen LogP contribution in [0.3, 0.4) is 0 Å². The largest absolute Gasteiger partial charge is 0.497 e. The van der Waals surface area contributed by atoms with E-state index in [1.54, 1.807) is 18.2 Å². The van der Waals surface area contributed by atoms with E-state index in [2.05, 4.69) is 31.7 Å². The molecule has 2 heterocycles. The Morgan fingerprint density at radius 2 is 1.82 bits per heavy atom. The van der Waals surface area contributed by atoms with Crippen molar-refractivity contribution in [2.24, 2.45) is 0 Å². The highest BCUT2D eigenvalue weighted by Gasteiger charge is 2.23. The van der Waals surface area contributed by atoms with E-state index in [4.69, 9.17) is 21.7 Å². The van der Waals surface area contributed by atoms with E-state index in [1.165, 1.54) is 14.2 Å². The number of fused-ring (bicyclic) bond motifs is 1. The quantitative estimate of drug-likeness (QED) is 0.321. The van der Waals surface area contributed by atoms with Gasteiger partial charge in [0.05, 0.1) is 19.6 Å². The van der Waals surface area contributed by atoms with Crippen molar-refractivity contribution in [3.05, 3.63) is 74.9 Å². The molecule has 0 fully saturated rings. The van der Waals surface area contributed by atoms with E-state index in [-0.39, 0.29) is 33.1 Å². The summed E-state index contributed by atoms with van der Waals surface area (Å²) in [6.45, 7) is 0. The van der Waals surface area contributed by atoms with Crippen molar-refractivity contribution in [3.8, 4) is 28.7 Å². The number of pyridine rings is 1. The molecule has 0 bridgehead atoms. The number of para-hydroxylation sites is 1. The van der Waals surface area contributed by atoms with Crippen LogP contribution in [0.1, 0.15) is 5.56 Å². The first-order valence-electron chi connectivity index (χ1n) is 9.91. The Kier molecular flexibility index (Phi) is 6.24. The number of nitrogens with one attached hydrogen (secondary N) is 4. The van der Waals surface area contributed by atoms with E-state index in [1.807, 2.05) is 30.3 Å². The third kappa shape index (κ3) is 4.30. The van der Waals surface area contributed by atoms with Crippen LogP contribution in [0.5, 0.6) is 11.5 Å². The molecule has 0 saturated carbocycles. The SMILES string of the molecule is COc1ccc(-c2c(C#N)c(NC(=S)Nc3ccccc3)nc3[nH]c(=O)[nH]c(=O)c23)c(OC)c1. The molecule has 0 amide bonds. The Bertz CT molecular complexity index is 1560. The molecule has 34 heavy (non-hydrogen) atoms. The standard InChI is InChI=1S/C23H18N6O4S/c1-32-13-8-9-14(16(10-13)33-2)17-15(11-24)19(26-20-18(17)21(30)29-22(31)27-20)28-23(34)25-12-6-4-3-5-7-12/h3-10H,1-2H3,(H4,25,26,27,28,29,30,31,34). The number of thiocarbonyl (C=S) groups is 1. The van der Waals surface area contributed by atoms with Crippen molar-refractivity contribution in [2.75, 3.05) is 24.9 Å². The van der Waals surface area contributed by atoms with E-state index < -0.39 is 11.2 Å². The van der Waals surface area contributed by atoms with Crippen LogP contribution in [-0.4, -0.2) is 34.3 Å². The highest BCUT2D eigenvalue weighted by atomic mass is 32.1. The van der Waals surface area contributed by atoms with Gasteiger partial charge in [0, 0.05) is 22.9 Å². The smallest absolute Gasteiger partial charge is 0.327 e. The number of hydrogen-bond acceptors (Lipinski definition) is 7. The van der Waals surface area contributed by atoms with Crippen molar-refractivity contribution in [2.45, 2.75) is 0 Å². The van der Waals surface area contributed by atoms with Gasteiger partial charge in [0.2, 0.25) is 0 Å². The summed E-state index contributed by atoms with van der Waals surface area (Å²) in [7, 11) is 2.97. The summed E-state index contributed by atoms with van der Waals surface area (Å²) in [6.07, 6.45) is 0. The lowest BCUT2D eigenvalue weighted by Gasteiger charge is -2.17. The van der Waals surface area contributed by atoms with Gasteiger partial charge in [0.15, 0.2) is 10.9 Å². The topological polar surface area (TPSA) is 145 Å². The fraction of sp³-hybridized carbons (Fsp3) is 0.0870. The van der Waals surface area contributed by atoms with Crippen LogP contribution in [-0.2, 0) is 0 Å². The molecule has 0 unspecified atom stereocenters. The maximum absolute atomic E-state index is 12.8. The van der Waals surface area contributed by atoms with Gasteiger partial charge in [-0.3, -0.25) is 14.8 Å². The second-order valence-corrected chi connectivity index (χ2v) is 7.37. The Morgan fingerprint density at radius 3 is 2.50 bits per heavy atom. The number of aromatic amines is 2. The summed E-state index contributed by atoms with van der Waals surface area (Å²) in [6, 6.07) is 16.2. The van der Waals surface area contributed by atoms with Gasteiger partial charge in [-0.05, 0) is 36.5 Å². The summed E-state index contributed by atoms with van der Waals surface area (Å²) in [4.78, 5) is 33.8. The Morgan fingerprint density at radius 1 is 1.06 bits per heavy atom. The molecule has 170 valence electrons. The third-order valence-electron chi connectivity index (χ3n) is 4.94. The summed E-state index contributed by atoms with van der Waals surface area (Å²) in [5.41, 5.74) is -0.0627. The second-order valence-electron chi connectivity index (χ2n) is 6.97. The third-order valence-corrected chi connectivity index (χ3v) is 5.14. The molecule has 11 heteroatoms. The number of nitrogens with zero attached hydrogens (tertiary/aromatic N) is 2. The van der Waals surface area contributed by atoms with E-state index >= 15 is 0 Å². The van der Waals surface area contributed by atoms with Crippen molar-refractivity contribution in [3.63, 3.8) is 0 Å². The number of hydrogen-bond donors (Lipinski definition) is 4. The van der Waals surface area contributed by atoms with Gasteiger partial charge in [-0.2, -0.15) is 5.26 Å². The van der Waals surface area contributed by atoms with Crippen molar-refractivity contribution < 1.29 is 9.47 Å². The highest BCUT2D eigenvalue weighted by Crippen LogP contribution is 2.39. The number of benzene rings is 2. The molecule has 2 aromatic carbocycles. The number of methoxy groups -OCH3 is 2. The molecule has 0 aliphatic carbocycles. The lowest BCUT2D eigenvalue weighted by Crippen LogP contribution is -2.25. The highest BCUT2D eigenvalue weighted by molar-refractivity contribution is 7.80. The van der Waals surface area contributed by atoms with E-state index in [9.17, 15) is 14.9 Å². The molecule has 4 N–H and O–H groups in total. The Labute approximate surface area is 198 Å². The van der Waals surface area contributed by atoms with Crippen LogP contribution in [0.15, 0.2) is 58.1 Å². The van der Waals surface area contributed by atoms with Crippen LogP contribution < -0.4 is 31.4 Å². The number of H-pyrrole nitrogens is 2. The molecular weight excluding hydrogens is 456 g/mol. The fourth-order valence-corrected chi connectivity index (χ4v) is 3.68. The maximum Gasteiger partial charge on any atom is 0.327 e. The van der Waals surface area contributed by atoms with Gasteiger partial charge in [0.25, 0.3) is 5.56 Å².